The first-order chi connectivity index (χ1) is 11.7. The molecule has 132 valence electrons. The van der Waals surface area contributed by atoms with Crippen LogP contribution in [0.4, 0.5) is 0 Å². The Morgan fingerprint density at radius 1 is 1.32 bits per heavy atom. The van der Waals surface area contributed by atoms with Crippen molar-refractivity contribution in [3.05, 3.63) is 38.7 Å². The van der Waals surface area contributed by atoms with E-state index in [1.807, 2.05) is 0 Å². The highest BCUT2D eigenvalue weighted by Crippen LogP contribution is 2.36. The summed E-state index contributed by atoms with van der Waals surface area (Å²) in [4.78, 5) is 35.8. The first-order valence-electron chi connectivity index (χ1n) is 6.87. The number of benzene rings is 1. The van der Waals surface area contributed by atoms with E-state index in [1.54, 1.807) is 12.1 Å². The van der Waals surface area contributed by atoms with Crippen molar-refractivity contribution in [1.29, 1.82) is 0 Å². The Hall–Kier alpha value is -1.61. The number of carboxylic acid groups (broad SMARTS) is 2. The van der Waals surface area contributed by atoms with Crippen LogP contribution in [0, 0.1) is 0 Å². The van der Waals surface area contributed by atoms with Crippen molar-refractivity contribution in [3.63, 3.8) is 0 Å². The molecule has 0 aromatic heterocycles. The zero-order valence-electron chi connectivity index (χ0n) is 12.4. The number of carboxylic acids is 2. The molecule has 2 rings (SSSR count). The molecular weight excluding hydrogens is 409 g/mol. The van der Waals surface area contributed by atoms with E-state index >= 15 is 0 Å². The number of aliphatic carboxylic acids is 2. The van der Waals surface area contributed by atoms with E-state index in [1.165, 1.54) is 12.1 Å². The van der Waals surface area contributed by atoms with Crippen LogP contribution in [0.5, 0.6) is 0 Å². The minimum absolute atomic E-state index is 0.0547. The molecule has 10 heteroatoms. The van der Waals surface area contributed by atoms with Crippen molar-refractivity contribution in [2.75, 3.05) is 0 Å². The van der Waals surface area contributed by atoms with Crippen LogP contribution in [0.3, 0.4) is 0 Å². The van der Waals surface area contributed by atoms with Gasteiger partial charge in [-0.15, -0.1) is 0 Å². The van der Waals surface area contributed by atoms with Crippen LogP contribution in [0.1, 0.15) is 18.4 Å². The lowest BCUT2D eigenvalue weighted by Crippen LogP contribution is -2.44. The van der Waals surface area contributed by atoms with Gasteiger partial charge in [0.1, 0.15) is 10.4 Å². The van der Waals surface area contributed by atoms with E-state index in [2.05, 4.69) is 0 Å². The average Bonchev–Trinajstić information content (AvgIpc) is 2.77. The van der Waals surface area contributed by atoms with Gasteiger partial charge in [-0.3, -0.25) is 14.5 Å². The number of rotatable bonds is 6. The number of carbonyl (C=O) groups is 3. The average molecular weight is 420 g/mol. The summed E-state index contributed by atoms with van der Waals surface area (Å²) in [6.45, 7) is 0. The highest BCUT2D eigenvalue weighted by atomic mass is 35.5. The first kappa shape index (κ1) is 19.7. The summed E-state index contributed by atoms with van der Waals surface area (Å²) in [6, 6.07) is 3.40. The third-order valence-electron chi connectivity index (χ3n) is 3.30. The number of hydrogen-bond acceptors (Lipinski definition) is 5. The maximum atomic E-state index is 12.6. The van der Waals surface area contributed by atoms with E-state index in [-0.39, 0.29) is 15.6 Å². The second-order valence-electron chi connectivity index (χ2n) is 5.00. The number of thioether (sulfide) groups is 1. The summed E-state index contributed by atoms with van der Waals surface area (Å²) in [7, 11) is 0. The predicted molar refractivity (Wildman–Crippen MR) is 99.8 cm³/mol. The monoisotopic (exact) mass is 419 g/mol. The molecule has 1 aromatic rings. The highest BCUT2D eigenvalue weighted by Gasteiger charge is 2.40. The second kappa shape index (κ2) is 8.18. The number of halogens is 2. The van der Waals surface area contributed by atoms with Crippen LogP contribution in [0.15, 0.2) is 23.1 Å². The van der Waals surface area contributed by atoms with Gasteiger partial charge in [-0.1, -0.05) is 53.2 Å². The molecule has 1 saturated heterocycles. The van der Waals surface area contributed by atoms with Crippen molar-refractivity contribution >= 4 is 75.4 Å². The first-order valence-corrected chi connectivity index (χ1v) is 8.85. The summed E-state index contributed by atoms with van der Waals surface area (Å²) in [5, 5.41) is 18.8. The molecule has 0 saturated carbocycles. The molecule has 1 fully saturated rings. The van der Waals surface area contributed by atoms with Gasteiger partial charge in [0.25, 0.3) is 5.91 Å². The van der Waals surface area contributed by atoms with Gasteiger partial charge >= 0.3 is 11.9 Å². The predicted octanol–water partition coefficient (Wildman–Crippen LogP) is 3.51. The maximum absolute atomic E-state index is 12.6. The third kappa shape index (κ3) is 4.72. The molecule has 1 atom stereocenters. The minimum atomic E-state index is -1.34. The van der Waals surface area contributed by atoms with Crippen LogP contribution < -0.4 is 0 Å². The van der Waals surface area contributed by atoms with Crippen molar-refractivity contribution < 1.29 is 24.6 Å². The molecule has 2 N–H and O–H groups in total. The summed E-state index contributed by atoms with van der Waals surface area (Å²) in [5.41, 5.74) is 0.531. The number of amides is 1. The lowest BCUT2D eigenvalue weighted by Gasteiger charge is -2.22. The molecule has 1 heterocycles. The molecule has 0 radical (unpaired) electrons. The second-order valence-corrected chi connectivity index (χ2v) is 7.52. The van der Waals surface area contributed by atoms with Crippen molar-refractivity contribution in [3.8, 4) is 0 Å². The summed E-state index contributed by atoms with van der Waals surface area (Å²) < 4.78 is 0.0547. The number of carbonyl (C=O) groups excluding carboxylic acids is 1. The molecule has 1 unspecified atom stereocenters. The van der Waals surface area contributed by atoms with E-state index in [0.29, 0.717) is 15.6 Å². The molecule has 1 aliphatic heterocycles. The Morgan fingerprint density at radius 3 is 2.56 bits per heavy atom. The fraction of sp³-hybridized carbons (Fsp3) is 0.200. The standard InChI is InChI=1S/C15H11Cl2NO5S2/c16-8-2-1-7(9(17)6-8)5-11-13(21)18(15(24)25-11)10(14(22)23)3-4-12(19)20/h1-2,5-6,10H,3-4H2,(H,19,20)(H,22,23). The van der Waals surface area contributed by atoms with Crippen LogP contribution in [0.2, 0.25) is 10.0 Å². The van der Waals surface area contributed by atoms with Gasteiger partial charge in [0.15, 0.2) is 0 Å². The summed E-state index contributed by atoms with van der Waals surface area (Å²) in [5.74, 6) is -3.07. The Balaban J connectivity index is 2.30. The third-order valence-corrected chi connectivity index (χ3v) is 5.19. The zero-order chi connectivity index (χ0) is 18.7. The quantitative estimate of drug-likeness (QED) is 0.537. The van der Waals surface area contributed by atoms with Crippen molar-refractivity contribution in [2.24, 2.45) is 0 Å². The highest BCUT2D eigenvalue weighted by molar-refractivity contribution is 8.26. The SMILES string of the molecule is O=C(O)CCC(C(=O)O)N1C(=O)C(=Cc2ccc(Cl)cc2Cl)SC1=S. The molecule has 6 nitrogen and oxygen atoms in total. The van der Waals surface area contributed by atoms with Gasteiger partial charge in [0, 0.05) is 16.5 Å². The summed E-state index contributed by atoms with van der Waals surface area (Å²) >= 11 is 17.9. The minimum Gasteiger partial charge on any atom is -0.481 e. The van der Waals surface area contributed by atoms with Gasteiger partial charge in [-0.2, -0.15) is 0 Å². The van der Waals surface area contributed by atoms with Gasteiger partial charge in [0.2, 0.25) is 0 Å². The molecule has 1 aromatic carbocycles. The molecule has 0 spiro atoms. The molecule has 0 aliphatic carbocycles. The fourth-order valence-electron chi connectivity index (χ4n) is 2.13. The van der Waals surface area contributed by atoms with Crippen LogP contribution in [-0.2, 0) is 14.4 Å². The van der Waals surface area contributed by atoms with E-state index in [0.717, 1.165) is 16.7 Å². The van der Waals surface area contributed by atoms with Crippen LogP contribution in [0.25, 0.3) is 6.08 Å². The Kier molecular flexibility index (Phi) is 6.45. The fourth-order valence-corrected chi connectivity index (χ4v) is 3.94. The van der Waals surface area contributed by atoms with Gasteiger partial charge < -0.3 is 10.2 Å². The normalized spacial score (nSPS) is 17.2. The largest absolute Gasteiger partial charge is 0.481 e. The topological polar surface area (TPSA) is 94.9 Å². The van der Waals surface area contributed by atoms with E-state index < -0.39 is 30.3 Å². The van der Waals surface area contributed by atoms with Gasteiger partial charge in [-0.25, -0.2) is 4.79 Å². The van der Waals surface area contributed by atoms with Crippen LogP contribution >= 0.6 is 47.2 Å². The lowest BCUT2D eigenvalue weighted by atomic mass is 10.1. The van der Waals surface area contributed by atoms with E-state index in [4.69, 9.17) is 40.5 Å². The molecule has 0 bridgehead atoms. The van der Waals surface area contributed by atoms with Gasteiger partial charge in [-0.05, 0) is 30.2 Å². The number of nitrogens with zero attached hydrogens (tertiary/aromatic N) is 1. The molecule has 25 heavy (non-hydrogen) atoms. The van der Waals surface area contributed by atoms with Crippen molar-refractivity contribution in [2.45, 2.75) is 18.9 Å². The van der Waals surface area contributed by atoms with E-state index in [9.17, 15) is 19.5 Å². The Bertz CT molecular complexity index is 796. The Labute approximate surface area is 162 Å². The number of thiocarbonyl (C=S) groups is 1. The molecule has 1 aliphatic rings. The zero-order valence-corrected chi connectivity index (χ0v) is 15.6. The lowest BCUT2D eigenvalue weighted by molar-refractivity contribution is -0.146. The Morgan fingerprint density at radius 2 is 2.00 bits per heavy atom. The van der Waals surface area contributed by atoms with Gasteiger partial charge in [0.05, 0.1) is 4.91 Å². The number of hydrogen-bond donors (Lipinski definition) is 2. The molecular formula is C15H11Cl2NO5S2. The van der Waals surface area contributed by atoms with Crippen molar-refractivity contribution in [1.82, 2.24) is 4.90 Å². The smallest absolute Gasteiger partial charge is 0.326 e. The maximum Gasteiger partial charge on any atom is 0.326 e. The van der Waals surface area contributed by atoms with Crippen LogP contribution in [-0.4, -0.2) is 43.3 Å². The molecule has 1 amide bonds. The summed E-state index contributed by atoms with van der Waals surface area (Å²) in [6.07, 6.45) is 0.857.